The summed E-state index contributed by atoms with van der Waals surface area (Å²) in [7, 11) is 0. The van der Waals surface area contributed by atoms with E-state index in [1.54, 1.807) is 0 Å². The van der Waals surface area contributed by atoms with Crippen molar-refractivity contribution in [1.29, 1.82) is 0 Å². The zero-order chi connectivity index (χ0) is 30.3. The Morgan fingerprint density at radius 2 is 1.56 bits per heavy atom. The summed E-state index contributed by atoms with van der Waals surface area (Å²) in [5.74, 6) is -3.73. The molecule has 4 nitrogen and oxygen atoms in total. The number of alkyl halides is 9. The molecule has 222 valence electrons. The van der Waals surface area contributed by atoms with Crippen molar-refractivity contribution in [3.8, 4) is 5.75 Å². The van der Waals surface area contributed by atoms with Gasteiger partial charge < -0.3 is 19.6 Å². The van der Waals surface area contributed by atoms with Crippen LogP contribution in [0.25, 0.3) is 0 Å². The first kappa shape index (κ1) is 30.2. The molecule has 0 bridgehead atoms. The van der Waals surface area contributed by atoms with Gasteiger partial charge in [-0.1, -0.05) is 24.3 Å². The van der Waals surface area contributed by atoms with E-state index in [0.717, 1.165) is 30.3 Å². The maximum Gasteiger partial charge on any atom is 0.573 e. The Hall–Kier alpha value is -3.75. The zero-order valence-electron chi connectivity index (χ0n) is 20.5. The molecule has 0 spiro atoms. The van der Waals surface area contributed by atoms with Gasteiger partial charge in [-0.2, -0.15) is 26.3 Å². The Morgan fingerprint density at radius 3 is 2.20 bits per heavy atom. The Bertz CT molecular complexity index is 1390. The Labute approximate surface area is 225 Å². The van der Waals surface area contributed by atoms with Crippen LogP contribution < -0.4 is 14.5 Å². The molecule has 1 aliphatic rings. The Morgan fingerprint density at radius 1 is 0.878 bits per heavy atom. The molecule has 0 unspecified atom stereocenters. The molecule has 0 saturated heterocycles. The smallest absolute Gasteiger partial charge is 0.406 e. The molecule has 1 heterocycles. The molecular formula is C26H19F11N2O2. The number of halogens is 11. The largest absolute Gasteiger partial charge is 0.573 e. The summed E-state index contributed by atoms with van der Waals surface area (Å²) in [6.07, 6.45) is -18.2. The van der Waals surface area contributed by atoms with E-state index < -0.39 is 72.6 Å². The second-order valence-corrected chi connectivity index (χ2v) is 9.15. The van der Waals surface area contributed by atoms with Crippen LogP contribution >= 0.6 is 0 Å². The number of hydrogen-bond acceptors (Lipinski definition) is 4. The second-order valence-electron chi connectivity index (χ2n) is 9.15. The van der Waals surface area contributed by atoms with E-state index in [0.29, 0.717) is 23.1 Å². The fourth-order valence-electron chi connectivity index (χ4n) is 4.55. The van der Waals surface area contributed by atoms with Gasteiger partial charge in [0.2, 0.25) is 0 Å². The zero-order valence-corrected chi connectivity index (χ0v) is 20.5. The van der Waals surface area contributed by atoms with Crippen molar-refractivity contribution >= 4 is 11.4 Å². The molecule has 1 N–H and O–H groups in total. The maximum absolute atomic E-state index is 15.3. The molecule has 0 saturated carbocycles. The van der Waals surface area contributed by atoms with E-state index in [4.69, 9.17) is 0 Å². The predicted octanol–water partition coefficient (Wildman–Crippen LogP) is 7.37. The first-order valence-electron chi connectivity index (χ1n) is 11.7. The molecule has 3 aromatic carbocycles. The average molecular weight is 600 g/mol. The van der Waals surface area contributed by atoms with Crippen LogP contribution in [0.15, 0.2) is 60.7 Å². The molecule has 0 aliphatic carbocycles. The van der Waals surface area contributed by atoms with Crippen molar-refractivity contribution in [2.75, 3.05) is 22.9 Å². The number of benzene rings is 3. The van der Waals surface area contributed by atoms with Gasteiger partial charge in [0.1, 0.15) is 11.4 Å². The van der Waals surface area contributed by atoms with Gasteiger partial charge in [0.25, 0.3) is 0 Å². The minimum atomic E-state index is -5.21. The van der Waals surface area contributed by atoms with Gasteiger partial charge in [0.15, 0.2) is 17.7 Å². The van der Waals surface area contributed by atoms with Crippen LogP contribution in [0.5, 0.6) is 5.75 Å². The molecule has 41 heavy (non-hydrogen) atoms. The van der Waals surface area contributed by atoms with Crippen molar-refractivity contribution in [3.63, 3.8) is 0 Å². The van der Waals surface area contributed by atoms with Crippen LogP contribution in [0, 0.1) is 11.6 Å². The lowest BCUT2D eigenvalue weighted by atomic mass is 9.96. The number of nitrogens with zero attached hydrogens (tertiary/aromatic N) is 2. The number of aliphatic hydroxyl groups is 1. The van der Waals surface area contributed by atoms with Crippen LogP contribution in [0.3, 0.4) is 0 Å². The number of fused-ring (bicyclic) bond motifs is 1. The fourth-order valence-corrected chi connectivity index (χ4v) is 4.55. The first-order chi connectivity index (χ1) is 18.9. The average Bonchev–Trinajstić information content (AvgIpc) is 2.85. The highest BCUT2D eigenvalue weighted by molar-refractivity contribution is 5.75. The molecule has 0 aromatic heterocycles. The van der Waals surface area contributed by atoms with E-state index in [2.05, 4.69) is 4.74 Å². The van der Waals surface area contributed by atoms with Crippen LogP contribution in [0.4, 0.5) is 59.7 Å². The van der Waals surface area contributed by atoms with E-state index in [9.17, 15) is 49.0 Å². The predicted molar refractivity (Wildman–Crippen MR) is 124 cm³/mol. The topological polar surface area (TPSA) is 35.9 Å². The molecule has 15 heteroatoms. The highest BCUT2D eigenvalue weighted by Crippen LogP contribution is 2.45. The Balaban J connectivity index is 1.84. The summed E-state index contributed by atoms with van der Waals surface area (Å²) in [6, 6.07) is 8.23. The molecule has 3 aromatic rings. The highest BCUT2D eigenvalue weighted by Gasteiger charge is 2.44. The van der Waals surface area contributed by atoms with Gasteiger partial charge >= 0.3 is 18.7 Å². The molecule has 4 rings (SSSR count). The summed E-state index contributed by atoms with van der Waals surface area (Å²) < 4.78 is 152. The van der Waals surface area contributed by atoms with Gasteiger partial charge in [-0.3, -0.25) is 0 Å². The van der Waals surface area contributed by atoms with E-state index in [1.807, 2.05) is 0 Å². The standard InChI is InChI=1S/C26H19F11N2O2/c27-18-7-8-19-23(22(18)28)39(13-21(40)25(32,33)34)20(15-4-2-5-16(10-15)24(29,30)31)12-38(19)11-14-3-1-6-17(9-14)41-26(35,36)37/h1-10,20-21,40H,11-13H2/t20-,21+/m0/s1. The molecule has 1 aliphatic heterocycles. The molecule has 0 fully saturated rings. The van der Waals surface area contributed by atoms with Gasteiger partial charge in [-0.05, 0) is 47.5 Å². The van der Waals surface area contributed by atoms with E-state index in [-0.39, 0.29) is 23.4 Å². The van der Waals surface area contributed by atoms with Crippen LogP contribution in [-0.4, -0.2) is 36.8 Å². The lowest BCUT2D eigenvalue weighted by Gasteiger charge is -2.46. The first-order valence-corrected chi connectivity index (χ1v) is 11.7. The molecule has 0 amide bonds. The van der Waals surface area contributed by atoms with Crippen molar-refractivity contribution in [2.24, 2.45) is 0 Å². The summed E-state index contributed by atoms with van der Waals surface area (Å²) in [4.78, 5) is 1.91. The quantitative estimate of drug-likeness (QED) is 0.300. The third-order valence-electron chi connectivity index (χ3n) is 6.30. The van der Waals surface area contributed by atoms with Gasteiger partial charge in [0.05, 0.1) is 23.8 Å². The van der Waals surface area contributed by atoms with E-state index in [1.165, 1.54) is 17.0 Å². The molecule has 0 radical (unpaired) electrons. The van der Waals surface area contributed by atoms with Crippen molar-refractivity contribution in [2.45, 2.75) is 37.4 Å². The minimum Gasteiger partial charge on any atom is -0.406 e. The summed E-state index contributed by atoms with van der Waals surface area (Å²) >= 11 is 0. The summed E-state index contributed by atoms with van der Waals surface area (Å²) in [5, 5.41) is 9.81. The van der Waals surface area contributed by atoms with Crippen molar-refractivity contribution < 1.29 is 58.1 Å². The number of rotatable bonds is 6. The van der Waals surface area contributed by atoms with Gasteiger partial charge in [0, 0.05) is 13.1 Å². The Kier molecular flexibility index (Phi) is 8.04. The van der Waals surface area contributed by atoms with Crippen molar-refractivity contribution in [3.05, 3.63) is 89.0 Å². The second kappa shape index (κ2) is 10.9. The lowest BCUT2D eigenvalue weighted by molar-refractivity contribution is -0.274. The SMILES string of the molecule is O[C@H](CN1c2c(ccc(F)c2F)N(Cc2cccc(OC(F)(F)F)c2)C[C@H]1c1cccc(C(F)(F)F)c1)C(F)(F)F. The number of hydrogen-bond donors (Lipinski definition) is 1. The third-order valence-corrected chi connectivity index (χ3v) is 6.30. The van der Waals surface area contributed by atoms with Gasteiger partial charge in [-0.25, -0.2) is 8.78 Å². The number of β-amino-alcohol motifs (C(OH)–C–C–N with tert-alkyl or cyclic N) is 1. The van der Waals surface area contributed by atoms with Gasteiger partial charge in [-0.15, -0.1) is 13.2 Å². The summed E-state index contributed by atoms with van der Waals surface area (Å²) in [5.41, 5.74) is -2.23. The van der Waals surface area contributed by atoms with Crippen molar-refractivity contribution in [1.82, 2.24) is 0 Å². The van der Waals surface area contributed by atoms with E-state index >= 15 is 4.39 Å². The molecular weight excluding hydrogens is 581 g/mol. The number of anilines is 2. The minimum absolute atomic E-state index is 0.147. The normalized spacial score (nSPS) is 16.9. The molecule has 2 atom stereocenters. The van der Waals surface area contributed by atoms with Crippen LogP contribution in [-0.2, 0) is 12.7 Å². The number of aliphatic hydroxyl groups excluding tert-OH is 1. The van der Waals surface area contributed by atoms with Crippen LogP contribution in [0.1, 0.15) is 22.7 Å². The summed E-state index contributed by atoms with van der Waals surface area (Å²) in [6.45, 7) is -2.10. The lowest BCUT2D eigenvalue weighted by Crippen LogP contribution is -2.49. The fraction of sp³-hybridized carbons (Fsp3) is 0.308. The number of ether oxygens (including phenoxy) is 1. The monoisotopic (exact) mass is 600 g/mol. The maximum atomic E-state index is 15.3. The third kappa shape index (κ3) is 6.94. The highest BCUT2D eigenvalue weighted by atomic mass is 19.4. The van der Waals surface area contributed by atoms with Crippen LogP contribution in [0.2, 0.25) is 0 Å².